The molecule has 0 saturated carbocycles. The average Bonchev–Trinajstić information content (AvgIpc) is 3.14. The molecule has 0 radical (unpaired) electrons. The highest BCUT2D eigenvalue weighted by atomic mass is 32.2. The number of ether oxygens (including phenoxy) is 1. The zero-order valence-corrected chi connectivity index (χ0v) is 15.8. The van der Waals surface area contributed by atoms with Gasteiger partial charge in [0.05, 0.1) is 17.3 Å². The summed E-state index contributed by atoms with van der Waals surface area (Å²) in [6.45, 7) is -0.0862. The molecular weight excluding hydrogens is 397 g/mol. The van der Waals surface area contributed by atoms with Gasteiger partial charge in [-0.05, 0) is 18.6 Å². The Morgan fingerprint density at radius 1 is 1.41 bits per heavy atom. The number of carbonyl (C=O) groups is 1. The quantitative estimate of drug-likeness (QED) is 0.481. The van der Waals surface area contributed by atoms with Gasteiger partial charge in [-0.1, -0.05) is 23.9 Å². The number of hydrogen-bond acceptors (Lipinski definition) is 8. The van der Waals surface area contributed by atoms with E-state index in [1.165, 1.54) is 16.8 Å². The van der Waals surface area contributed by atoms with E-state index in [1.807, 2.05) is 0 Å². The third-order valence-corrected chi connectivity index (χ3v) is 6.57. The highest BCUT2D eigenvalue weighted by molar-refractivity contribution is 7.99. The summed E-state index contributed by atoms with van der Waals surface area (Å²) in [4.78, 5) is 12.0. The summed E-state index contributed by atoms with van der Waals surface area (Å²) >= 11 is 1.06. The number of para-hydroxylation sites is 1. The lowest BCUT2D eigenvalue weighted by atomic mass is 10.3. The van der Waals surface area contributed by atoms with Gasteiger partial charge in [-0.25, -0.2) is 17.5 Å². The standard InChI is InChI=1S/C15H18FN5O4S2/c16-11-3-1-2-4-12(11)25-7-13-19-20-15(21(13)17)26-8-14(22)18-10-5-6-27(23,24)9-10/h1-4,10H,5-9,17H2,(H,18,22)/t10-/m1/s1. The van der Waals surface area contributed by atoms with Crippen LogP contribution in [0.5, 0.6) is 5.75 Å². The van der Waals surface area contributed by atoms with Crippen molar-refractivity contribution in [2.45, 2.75) is 24.2 Å². The SMILES string of the molecule is Nn1c(COc2ccccc2F)nnc1SCC(=O)N[C@@H]1CCS(=O)(=O)C1. The van der Waals surface area contributed by atoms with Gasteiger partial charge in [0.25, 0.3) is 0 Å². The van der Waals surface area contributed by atoms with E-state index in [1.54, 1.807) is 12.1 Å². The first-order chi connectivity index (χ1) is 12.8. The molecule has 2 aromatic rings. The zero-order valence-electron chi connectivity index (χ0n) is 14.2. The minimum atomic E-state index is -3.05. The first kappa shape index (κ1) is 19.4. The van der Waals surface area contributed by atoms with E-state index in [4.69, 9.17) is 10.6 Å². The predicted molar refractivity (Wildman–Crippen MR) is 96.8 cm³/mol. The van der Waals surface area contributed by atoms with E-state index in [-0.39, 0.29) is 52.5 Å². The van der Waals surface area contributed by atoms with Crippen molar-refractivity contribution in [1.29, 1.82) is 0 Å². The second-order valence-corrected chi connectivity index (χ2v) is 9.12. The van der Waals surface area contributed by atoms with Crippen LogP contribution < -0.4 is 15.9 Å². The lowest BCUT2D eigenvalue weighted by molar-refractivity contribution is -0.119. The molecule has 27 heavy (non-hydrogen) atoms. The predicted octanol–water partition coefficient (Wildman–Crippen LogP) is 0.105. The maximum Gasteiger partial charge on any atom is 0.230 e. The summed E-state index contributed by atoms with van der Waals surface area (Å²) in [5.41, 5.74) is 0. The molecule has 2 heterocycles. The van der Waals surface area contributed by atoms with Gasteiger partial charge in [0, 0.05) is 6.04 Å². The van der Waals surface area contributed by atoms with Crippen molar-refractivity contribution in [3.63, 3.8) is 0 Å². The number of nitrogens with zero attached hydrogens (tertiary/aromatic N) is 3. The highest BCUT2D eigenvalue weighted by Gasteiger charge is 2.28. The molecule has 0 aliphatic carbocycles. The van der Waals surface area contributed by atoms with E-state index < -0.39 is 15.7 Å². The summed E-state index contributed by atoms with van der Waals surface area (Å²) in [5.74, 6) is 5.47. The Hall–Kier alpha value is -2.34. The fraction of sp³-hybridized carbons (Fsp3) is 0.400. The van der Waals surface area contributed by atoms with Crippen molar-refractivity contribution >= 4 is 27.5 Å². The van der Waals surface area contributed by atoms with Crippen molar-refractivity contribution < 1.29 is 22.3 Å². The smallest absolute Gasteiger partial charge is 0.230 e. The molecule has 12 heteroatoms. The van der Waals surface area contributed by atoms with Crippen LogP contribution in [-0.2, 0) is 21.2 Å². The van der Waals surface area contributed by atoms with Gasteiger partial charge in [0.2, 0.25) is 11.1 Å². The van der Waals surface area contributed by atoms with Crippen molar-refractivity contribution in [2.75, 3.05) is 23.1 Å². The largest absolute Gasteiger partial charge is 0.482 e. The van der Waals surface area contributed by atoms with E-state index >= 15 is 0 Å². The van der Waals surface area contributed by atoms with Crippen molar-refractivity contribution in [3.05, 3.63) is 35.9 Å². The van der Waals surface area contributed by atoms with E-state index in [9.17, 15) is 17.6 Å². The molecule has 9 nitrogen and oxygen atoms in total. The second-order valence-electron chi connectivity index (χ2n) is 5.94. The zero-order chi connectivity index (χ0) is 19.4. The van der Waals surface area contributed by atoms with Crippen LogP contribution in [0.15, 0.2) is 29.4 Å². The fourth-order valence-electron chi connectivity index (χ4n) is 2.52. The summed E-state index contributed by atoms with van der Waals surface area (Å²) in [7, 11) is -3.05. The fourth-order valence-corrected chi connectivity index (χ4v) is 4.88. The maximum absolute atomic E-state index is 13.5. The van der Waals surface area contributed by atoms with Crippen LogP contribution in [0.2, 0.25) is 0 Å². The number of aromatic nitrogens is 3. The molecule has 1 aliphatic heterocycles. The summed E-state index contributed by atoms with van der Waals surface area (Å²) in [6, 6.07) is 5.59. The number of sulfone groups is 1. The van der Waals surface area contributed by atoms with Crippen LogP contribution >= 0.6 is 11.8 Å². The maximum atomic E-state index is 13.5. The number of hydrogen-bond donors (Lipinski definition) is 2. The second kappa shape index (κ2) is 8.13. The Bertz CT molecular complexity index is 934. The molecule has 0 bridgehead atoms. The molecule has 1 aliphatic rings. The molecular formula is C15H18FN5O4S2. The van der Waals surface area contributed by atoms with Gasteiger partial charge in [-0.3, -0.25) is 4.79 Å². The summed E-state index contributed by atoms with van der Waals surface area (Å²) in [6.07, 6.45) is 0.420. The monoisotopic (exact) mass is 415 g/mol. The van der Waals surface area contributed by atoms with Crippen LogP contribution in [0.1, 0.15) is 12.2 Å². The summed E-state index contributed by atoms with van der Waals surface area (Å²) < 4.78 is 42.8. The van der Waals surface area contributed by atoms with Crippen LogP contribution in [0.3, 0.4) is 0 Å². The molecule has 1 aromatic heterocycles. The molecule has 0 unspecified atom stereocenters. The van der Waals surface area contributed by atoms with Crippen LogP contribution in [0, 0.1) is 5.82 Å². The Balaban J connectivity index is 1.50. The number of rotatable bonds is 7. The molecule has 0 spiro atoms. The first-order valence-electron chi connectivity index (χ1n) is 8.03. The Morgan fingerprint density at radius 2 is 2.19 bits per heavy atom. The summed E-state index contributed by atoms with van der Waals surface area (Å²) in [5, 5.41) is 10.7. The van der Waals surface area contributed by atoms with Crippen molar-refractivity contribution in [2.24, 2.45) is 0 Å². The molecule has 1 aromatic carbocycles. The van der Waals surface area contributed by atoms with Gasteiger partial charge < -0.3 is 15.9 Å². The lowest BCUT2D eigenvalue weighted by Gasteiger charge is -2.10. The Labute approximate surface area is 159 Å². The van der Waals surface area contributed by atoms with E-state index in [0.29, 0.717) is 6.42 Å². The Kier molecular flexibility index (Phi) is 5.85. The topological polar surface area (TPSA) is 129 Å². The van der Waals surface area contributed by atoms with Gasteiger partial charge in [0.1, 0.15) is 6.61 Å². The number of halogens is 1. The van der Waals surface area contributed by atoms with Crippen LogP contribution in [-0.4, -0.2) is 52.5 Å². The molecule has 3 rings (SSSR count). The molecule has 1 amide bonds. The number of nitrogens with two attached hydrogens (primary N) is 1. The molecule has 3 N–H and O–H groups in total. The van der Waals surface area contributed by atoms with Gasteiger partial charge in [-0.2, -0.15) is 0 Å². The number of benzene rings is 1. The van der Waals surface area contributed by atoms with Crippen LogP contribution in [0.4, 0.5) is 4.39 Å². The minimum Gasteiger partial charge on any atom is -0.482 e. The molecule has 1 atom stereocenters. The number of amides is 1. The van der Waals surface area contributed by atoms with Crippen molar-refractivity contribution in [3.8, 4) is 5.75 Å². The number of nitrogens with one attached hydrogen (secondary N) is 1. The lowest BCUT2D eigenvalue weighted by Crippen LogP contribution is -2.36. The number of thioether (sulfide) groups is 1. The Morgan fingerprint density at radius 3 is 2.89 bits per heavy atom. The van der Waals surface area contributed by atoms with Crippen LogP contribution in [0.25, 0.3) is 0 Å². The van der Waals surface area contributed by atoms with E-state index in [2.05, 4.69) is 15.5 Å². The first-order valence-corrected chi connectivity index (χ1v) is 10.8. The van der Waals surface area contributed by atoms with Gasteiger partial charge in [-0.15, -0.1) is 10.2 Å². The molecule has 1 fully saturated rings. The highest BCUT2D eigenvalue weighted by Crippen LogP contribution is 2.19. The molecule has 1 saturated heterocycles. The number of carbonyl (C=O) groups excluding carboxylic acids is 1. The number of nitrogen functional groups attached to an aromatic ring is 1. The van der Waals surface area contributed by atoms with Crippen molar-refractivity contribution in [1.82, 2.24) is 20.2 Å². The molecule has 146 valence electrons. The van der Waals surface area contributed by atoms with Gasteiger partial charge >= 0.3 is 0 Å². The van der Waals surface area contributed by atoms with Gasteiger partial charge in [0.15, 0.2) is 27.2 Å². The third kappa shape index (κ3) is 5.10. The van der Waals surface area contributed by atoms with E-state index in [0.717, 1.165) is 11.8 Å². The minimum absolute atomic E-state index is 0.0139. The normalized spacial score (nSPS) is 18.3. The average molecular weight is 415 g/mol. The third-order valence-electron chi connectivity index (χ3n) is 3.86.